The molecule has 0 radical (unpaired) electrons. The van der Waals surface area contributed by atoms with Crippen molar-refractivity contribution in [2.24, 2.45) is 0 Å². The van der Waals surface area contributed by atoms with Gasteiger partial charge in [0.25, 0.3) is 5.91 Å². The van der Waals surface area contributed by atoms with E-state index in [0.717, 1.165) is 25.1 Å². The van der Waals surface area contributed by atoms with Crippen molar-refractivity contribution >= 4 is 27.5 Å². The Hall–Kier alpha value is -1.72. The molecule has 2 aromatic carbocycles. The lowest BCUT2D eigenvalue weighted by Crippen LogP contribution is -2.24. The molecule has 3 nitrogen and oxygen atoms in total. The number of fused-ring (bicyclic) bond motifs is 1. The fourth-order valence-electron chi connectivity index (χ4n) is 2.42. The number of anilines is 1. The average molecular weight is 349 g/mol. The summed E-state index contributed by atoms with van der Waals surface area (Å²) in [5.41, 5.74) is 3.09. The number of hydrogen-bond acceptors (Lipinski definition) is 2. The van der Waals surface area contributed by atoms with Gasteiger partial charge in [-0.15, -0.1) is 0 Å². The molecule has 0 atom stereocenters. The van der Waals surface area contributed by atoms with Crippen LogP contribution >= 0.6 is 15.9 Å². The molecule has 0 aliphatic carbocycles. The summed E-state index contributed by atoms with van der Waals surface area (Å²) in [6.07, 6.45) is 0.968. The molecule has 0 fully saturated rings. The summed E-state index contributed by atoms with van der Waals surface area (Å²) in [6, 6.07) is 10.2. The maximum Gasteiger partial charge on any atom is 0.255 e. The van der Waals surface area contributed by atoms with E-state index in [1.807, 2.05) is 12.1 Å². The Morgan fingerprint density at radius 1 is 1.24 bits per heavy atom. The van der Waals surface area contributed by atoms with Gasteiger partial charge in [-0.2, -0.15) is 0 Å². The van der Waals surface area contributed by atoms with Gasteiger partial charge in [0, 0.05) is 16.6 Å². The highest BCUT2D eigenvalue weighted by Crippen LogP contribution is 2.26. The molecular weight excluding hydrogens is 335 g/mol. The molecule has 0 saturated carbocycles. The molecule has 0 spiro atoms. The van der Waals surface area contributed by atoms with Crippen LogP contribution in [-0.2, 0) is 13.0 Å². The average Bonchev–Trinajstić information content (AvgIpc) is 2.50. The number of para-hydroxylation sites is 1. The number of rotatable bonds is 2. The van der Waals surface area contributed by atoms with Crippen molar-refractivity contribution in [1.82, 2.24) is 5.32 Å². The second-order valence-electron chi connectivity index (χ2n) is 4.96. The van der Waals surface area contributed by atoms with E-state index in [4.69, 9.17) is 0 Å². The summed E-state index contributed by atoms with van der Waals surface area (Å²) >= 11 is 3.24. The zero-order valence-corrected chi connectivity index (χ0v) is 12.8. The Labute approximate surface area is 130 Å². The Balaban J connectivity index is 1.86. The van der Waals surface area contributed by atoms with Crippen molar-refractivity contribution in [3.63, 3.8) is 0 Å². The summed E-state index contributed by atoms with van der Waals surface area (Å²) in [6.45, 7) is 1.72. The first-order valence-electron chi connectivity index (χ1n) is 6.73. The summed E-state index contributed by atoms with van der Waals surface area (Å²) in [5, 5.41) is 5.90. The molecule has 1 aliphatic heterocycles. The van der Waals surface area contributed by atoms with Gasteiger partial charge in [-0.05, 0) is 64.3 Å². The topological polar surface area (TPSA) is 41.1 Å². The number of carbonyl (C=O) groups is 1. The number of nitrogens with one attached hydrogen (secondary N) is 2. The third-order valence-electron chi connectivity index (χ3n) is 3.56. The van der Waals surface area contributed by atoms with Crippen LogP contribution < -0.4 is 10.6 Å². The van der Waals surface area contributed by atoms with Gasteiger partial charge in [-0.1, -0.05) is 12.1 Å². The smallest absolute Gasteiger partial charge is 0.255 e. The Morgan fingerprint density at radius 3 is 2.90 bits per heavy atom. The highest BCUT2D eigenvalue weighted by Gasteiger charge is 2.15. The molecule has 3 rings (SSSR count). The van der Waals surface area contributed by atoms with E-state index in [0.29, 0.717) is 10.0 Å². The number of carbonyl (C=O) groups excluding carboxylic acids is 1. The van der Waals surface area contributed by atoms with Crippen LogP contribution in [0.15, 0.2) is 40.9 Å². The standard InChI is InChI=1S/C16H14BrFN2O/c17-13-2-1-3-14(18)15(13)20-16(21)11-5-4-10-6-7-19-9-12(10)8-11/h1-5,8,19H,6-7,9H2,(H,20,21). The highest BCUT2D eigenvalue weighted by molar-refractivity contribution is 9.10. The maximum atomic E-state index is 13.7. The van der Waals surface area contributed by atoms with Crippen LogP contribution in [0.3, 0.4) is 0 Å². The molecule has 1 heterocycles. The van der Waals surface area contributed by atoms with Crippen LogP contribution in [0.1, 0.15) is 21.5 Å². The summed E-state index contributed by atoms with van der Waals surface area (Å²) in [5.74, 6) is -0.772. The SMILES string of the molecule is O=C(Nc1c(F)cccc1Br)c1ccc2c(c1)CNCC2. The lowest BCUT2D eigenvalue weighted by molar-refractivity contribution is 0.102. The van der Waals surface area contributed by atoms with Crippen LogP contribution in [0.4, 0.5) is 10.1 Å². The summed E-state index contributed by atoms with van der Waals surface area (Å²) in [4.78, 5) is 12.3. The quantitative estimate of drug-likeness (QED) is 0.872. The fourth-order valence-corrected chi connectivity index (χ4v) is 2.87. The zero-order chi connectivity index (χ0) is 14.8. The first-order chi connectivity index (χ1) is 10.1. The minimum Gasteiger partial charge on any atom is -0.319 e. The van der Waals surface area contributed by atoms with Crippen molar-refractivity contribution in [2.45, 2.75) is 13.0 Å². The molecule has 0 aromatic heterocycles. The third-order valence-corrected chi connectivity index (χ3v) is 4.22. The van der Waals surface area contributed by atoms with Crippen LogP contribution in [0, 0.1) is 5.82 Å². The highest BCUT2D eigenvalue weighted by atomic mass is 79.9. The fraction of sp³-hybridized carbons (Fsp3) is 0.188. The van der Waals surface area contributed by atoms with Gasteiger partial charge >= 0.3 is 0 Å². The minimum atomic E-state index is -0.461. The van der Waals surface area contributed by atoms with Gasteiger partial charge < -0.3 is 10.6 Å². The van der Waals surface area contributed by atoms with E-state index in [9.17, 15) is 9.18 Å². The summed E-state index contributed by atoms with van der Waals surface area (Å²) < 4.78 is 14.3. The number of halogens is 2. The van der Waals surface area contributed by atoms with Crippen molar-refractivity contribution in [3.05, 3.63) is 63.4 Å². The molecule has 2 aromatic rings. The number of hydrogen-bond donors (Lipinski definition) is 2. The van der Waals surface area contributed by atoms with E-state index in [2.05, 4.69) is 26.6 Å². The van der Waals surface area contributed by atoms with E-state index < -0.39 is 5.82 Å². The predicted octanol–water partition coefficient (Wildman–Crippen LogP) is 3.49. The maximum absolute atomic E-state index is 13.7. The van der Waals surface area contributed by atoms with E-state index in [-0.39, 0.29) is 11.6 Å². The van der Waals surface area contributed by atoms with E-state index in [1.54, 1.807) is 18.2 Å². The first kappa shape index (κ1) is 14.2. The van der Waals surface area contributed by atoms with Crippen LogP contribution in [0.5, 0.6) is 0 Å². The molecule has 0 unspecified atom stereocenters. The molecule has 5 heteroatoms. The Bertz CT molecular complexity index is 682. The predicted molar refractivity (Wildman–Crippen MR) is 83.9 cm³/mol. The molecular formula is C16H14BrFN2O. The molecule has 0 saturated heterocycles. The lowest BCUT2D eigenvalue weighted by Gasteiger charge is -2.17. The largest absolute Gasteiger partial charge is 0.319 e. The van der Waals surface area contributed by atoms with Crippen LogP contribution in [0.2, 0.25) is 0 Å². The van der Waals surface area contributed by atoms with Gasteiger partial charge in [-0.25, -0.2) is 4.39 Å². The van der Waals surface area contributed by atoms with E-state index in [1.165, 1.54) is 11.6 Å². The second-order valence-corrected chi connectivity index (χ2v) is 5.82. The van der Waals surface area contributed by atoms with Gasteiger partial charge in [0.2, 0.25) is 0 Å². The number of benzene rings is 2. The van der Waals surface area contributed by atoms with Crippen molar-refractivity contribution in [3.8, 4) is 0 Å². The molecule has 1 aliphatic rings. The Kier molecular flexibility index (Phi) is 4.03. The molecule has 2 N–H and O–H groups in total. The molecule has 1 amide bonds. The van der Waals surface area contributed by atoms with Gasteiger partial charge in [0.05, 0.1) is 5.69 Å². The van der Waals surface area contributed by atoms with Gasteiger partial charge in [-0.3, -0.25) is 4.79 Å². The van der Waals surface area contributed by atoms with Gasteiger partial charge in [0.15, 0.2) is 0 Å². The summed E-state index contributed by atoms with van der Waals surface area (Å²) in [7, 11) is 0. The Morgan fingerprint density at radius 2 is 2.10 bits per heavy atom. The normalized spacial score (nSPS) is 13.6. The monoisotopic (exact) mass is 348 g/mol. The molecule has 108 valence electrons. The van der Waals surface area contributed by atoms with Crippen LogP contribution in [0.25, 0.3) is 0 Å². The first-order valence-corrected chi connectivity index (χ1v) is 7.52. The van der Waals surface area contributed by atoms with Crippen molar-refractivity contribution in [2.75, 3.05) is 11.9 Å². The lowest BCUT2D eigenvalue weighted by atomic mass is 9.98. The van der Waals surface area contributed by atoms with Crippen LogP contribution in [-0.4, -0.2) is 12.5 Å². The van der Waals surface area contributed by atoms with E-state index >= 15 is 0 Å². The second kappa shape index (κ2) is 5.95. The number of amides is 1. The van der Waals surface area contributed by atoms with Crippen molar-refractivity contribution < 1.29 is 9.18 Å². The zero-order valence-electron chi connectivity index (χ0n) is 11.2. The van der Waals surface area contributed by atoms with Crippen molar-refractivity contribution in [1.29, 1.82) is 0 Å². The molecule has 0 bridgehead atoms. The van der Waals surface area contributed by atoms with Gasteiger partial charge in [0.1, 0.15) is 5.82 Å². The minimum absolute atomic E-state index is 0.165. The molecule has 21 heavy (non-hydrogen) atoms. The third kappa shape index (κ3) is 2.99.